The Kier molecular flexibility index (Phi) is 9.21. The van der Waals surface area contributed by atoms with E-state index in [-0.39, 0.29) is 31.5 Å². The maximum absolute atomic E-state index is 13.6. The largest absolute Gasteiger partial charge is 0.468 e. The topological polar surface area (TPSA) is 132 Å². The normalized spacial score (nSPS) is 16.3. The Balaban J connectivity index is 1.96. The van der Waals surface area contributed by atoms with Crippen molar-refractivity contribution in [3.63, 3.8) is 0 Å². The van der Waals surface area contributed by atoms with Crippen LogP contribution in [0.4, 0.5) is 21.0 Å². The molecule has 0 bridgehead atoms. The Hall–Kier alpha value is -2.96. The molecule has 2 aromatic carbocycles. The van der Waals surface area contributed by atoms with E-state index in [1.54, 1.807) is 13.8 Å². The number of nitrogens with one attached hydrogen (secondary N) is 2. The van der Waals surface area contributed by atoms with Crippen LogP contribution in [0.3, 0.4) is 0 Å². The lowest BCUT2D eigenvalue weighted by Gasteiger charge is -2.38. The van der Waals surface area contributed by atoms with Gasteiger partial charge in [0.2, 0.25) is 5.91 Å². The van der Waals surface area contributed by atoms with Crippen molar-refractivity contribution in [3.05, 3.63) is 56.5 Å². The molecule has 38 heavy (non-hydrogen) atoms. The fraction of sp³-hybridized carbons (Fsp3) is 0.304. The van der Waals surface area contributed by atoms with Crippen molar-refractivity contribution in [1.29, 1.82) is 0 Å². The minimum atomic E-state index is -1.36. The third-order valence-electron chi connectivity index (χ3n) is 5.76. The second-order valence-electron chi connectivity index (χ2n) is 8.62. The molecule has 0 unspecified atom stereocenters. The van der Waals surface area contributed by atoms with Gasteiger partial charge in [0.1, 0.15) is 13.1 Å². The first-order valence-electron chi connectivity index (χ1n) is 10.9. The van der Waals surface area contributed by atoms with E-state index in [0.717, 1.165) is 9.80 Å². The van der Waals surface area contributed by atoms with Crippen LogP contribution < -0.4 is 15.5 Å². The van der Waals surface area contributed by atoms with Crippen molar-refractivity contribution < 1.29 is 29.1 Å². The lowest BCUT2D eigenvalue weighted by atomic mass is 9.99. The van der Waals surface area contributed by atoms with Gasteiger partial charge in [-0.3, -0.25) is 19.7 Å². The summed E-state index contributed by atoms with van der Waals surface area (Å²) in [6.45, 7) is 2.20. The lowest BCUT2D eigenvalue weighted by Crippen LogP contribution is -2.58. The van der Waals surface area contributed by atoms with Gasteiger partial charge in [0.15, 0.2) is 6.17 Å². The zero-order valence-electron chi connectivity index (χ0n) is 20.3. The number of methoxy groups -OCH3 is 1. The summed E-state index contributed by atoms with van der Waals surface area (Å²) in [6.07, 6.45) is -1.36. The Morgan fingerprint density at radius 1 is 1.03 bits per heavy atom. The van der Waals surface area contributed by atoms with E-state index in [1.165, 1.54) is 43.5 Å². The van der Waals surface area contributed by atoms with Crippen LogP contribution in [0.25, 0.3) is 0 Å². The number of rotatable bonds is 7. The monoisotopic (exact) mass is 605 g/mol. The maximum atomic E-state index is 13.6. The maximum Gasteiger partial charge on any atom is 0.347 e. The number of esters is 1. The summed E-state index contributed by atoms with van der Waals surface area (Å²) in [5.41, 5.74) is -0.928. The third-order valence-corrected chi connectivity index (χ3v) is 7.24. The van der Waals surface area contributed by atoms with Gasteiger partial charge in [-0.05, 0) is 50.2 Å². The van der Waals surface area contributed by atoms with Gasteiger partial charge in [0, 0.05) is 11.4 Å². The highest BCUT2D eigenvalue weighted by Crippen LogP contribution is 2.39. The fourth-order valence-corrected chi connectivity index (χ4v) is 4.40. The van der Waals surface area contributed by atoms with E-state index in [9.17, 15) is 24.4 Å². The number of nitrogens with zero attached hydrogens (tertiary/aromatic N) is 3. The number of carbonyl (C=O) groups excluding carboxylic acids is 4. The quantitative estimate of drug-likeness (QED) is 0.234. The van der Waals surface area contributed by atoms with Crippen molar-refractivity contribution in [2.45, 2.75) is 25.6 Å². The van der Waals surface area contributed by atoms with Crippen molar-refractivity contribution in [3.8, 4) is 0 Å². The average molecular weight is 607 g/mol. The van der Waals surface area contributed by atoms with Gasteiger partial charge in [-0.1, -0.05) is 46.4 Å². The molecule has 11 nitrogen and oxygen atoms in total. The van der Waals surface area contributed by atoms with Crippen LogP contribution in [0.5, 0.6) is 0 Å². The minimum Gasteiger partial charge on any atom is -0.468 e. The Labute approximate surface area is 238 Å². The fourth-order valence-electron chi connectivity index (χ4n) is 3.81. The summed E-state index contributed by atoms with van der Waals surface area (Å²) < 4.78 is 4.50. The summed E-state index contributed by atoms with van der Waals surface area (Å²) in [7, 11) is 1.17. The summed E-state index contributed by atoms with van der Waals surface area (Å²) >= 11 is 24.1. The number of halogens is 4. The standard InChI is InChI=1S/C23H23Cl4N5O6/c1-23(2)20(32(37)21(35)29-12-4-6-14(24)16(26)8-12)31(13-5-7-15(25)17(27)9-13)22(36)30(23)11-18(33)28-10-19(34)38-3/h4-9,20,37H,10-11H2,1-3H3,(H,28,33)(H,29,35)/t20-/m0/s1. The van der Waals surface area contributed by atoms with E-state index in [2.05, 4.69) is 15.4 Å². The van der Waals surface area contributed by atoms with Gasteiger partial charge in [0.25, 0.3) is 0 Å². The number of carbonyl (C=O) groups is 4. The number of hydroxylamine groups is 2. The Bertz CT molecular complexity index is 1280. The summed E-state index contributed by atoms with van der Waals surface area (Å²) in [6, 6.07) is 6.89. The van der Waals surface area contributed by atoms with Gasteiger partial charge in [-0.15, -0.1) is 0 Å². The minimum absolute atomic E-state index is 0.118. The molecule has 5 amide bonds. The molecule has 15 heteroatoms. The molecule has 3 N–H and O–H groups in total. The third kappa shape index (κ3) is 6.19. The number of hydrogen-bond donors (Lipinski definition) is 3. The lowest BCUT2D eigenvalue weighted by molar-refractivity contribution is -0.141. The van der Waals surface area contributed by atoms with Crippen molar-refractivity contribution in [2.75, 3.05) is 30.4 Å². The first-order chi connectivity index (χ1) is 17.8. The molecule has 0 saturated carbocycles. The highest BCUT2D eigenvalue weighted by Gasteiger charge is 2.56. The van der Waals surface area contributed by atoms with Crippen LogP contribution in [-0.4, -0.2) is 71.0 Å². The summed E-state index contributed by atoms with van der Waals surface area (Å²) in [5, 5.41) is 17.0. The molecule has 0 spiro atoms. The molecule has 0 aliphatic carbocycles. The Morgan fingerprint density at radius 3 is 2.21 bits per heavy atom. The SMILES string of the molecule is COC(=O)CNC(=O)CN1C(=O)N(c2ccc(Cl)c(Cl)c2)[C@@H](N(O)C(=O)Nc2ccc(Cl)c(Cl)c2)C1(C)C. The molecule has 1 aliphatic heterocycles. The molecular weight excluding hydrogens is 584 g/mol. The second-order valence-corrected chi connectivity index (χ2v) is 10.2. The molecule has 0 radical (unpaired) electrons. The van der Waals surface area contributed by atoms with Crippen LogP contribution in [-0.2, 0) is 14.3 Å². The van der Waals surface area contributed by atoms with Gasteiger partial charge in [0.05, 0.1) is 32.7 Å². The van der Waals surface area contributed by atoms with Crippen LogP contribution in [0.15, 0.2) is 36.4 Å². The molecule has 2 aromatic rings. The highest BCUT2D eigenvalue weighted by atomic mass is 35.5. The predicted octanol–water partition coefficient (Wildman–Crippen LogP) is 4.86. The first-order valence-corrected chi connectivity index (χ1v) is 12.4. The molecule has 1 atom stereocenters. The molecule has 1 heterocycles. The van der Waals surface area contributed by atoms with Crippen LogP contribution >= 0.6 is 46.4 Å². The molecule has 0 aromatic heterocycles. The van der Waals surface area contributed by atoms with E-state index >= 15 is 0 Å². The van der Waals surface area contributed by atoms with Gasteiger partial charge in [-0.2, -0.15) is 5.06 Å². The number of anilines is 2. The van der Waals surface area contributed by atoms with Gasteiger partial charge >= 0.3 is 18.0 Å². The van der Waals surface area contributed by atoms with Crippen LogP contribution in [0, 0.1) is 0 Å². The number of benzene rings is 2. The van der Waals surface area contributed by atoms with Gasteiger partial charge < -0.3 is 20.3 Å². The molecule has 1 fully saturated rings. The first kappa shape index (κ1) is 29.6. The molecule has 204 valence electrons. The van der Waals surface area contributed by atoms with E-state index in [4.69, 9.17) is 46.4 Å². The number of amides is 5. The number of urea groups is 2. The number of hydrogen-bond acceptors (Lipinski definition) is 6. The zero-order chi connectivity index (χ0) is 28.4. The van der Waals surface area contributed by atoms with E-state index in [0.29, 0.717) is 5.06 Å². The molecule has 1 saturated heterocycles. The molecular formula is C23H23Cl4N5O6. The summed E-state index contributed by atoms with van der Waals surface area (Å²) in [5.74, 6) is -1.35. The average Bonchev–Trinajstić information content (AvgIpc) is 3.06. The Morgan fingerprint density at radius 2 is 1.63 bits per heavy atom. The molecule has 1 aliphatic rings. The molecule has 3 rings (SSSR count). The van der Waals surface area contributed by atoms with Crippen molar-refractivity contribution >= 4 is 81.7 Å². The van der Waals surface area contributed by atoms with Crippen LogP contribution in [0.1, 0.15) is 13.8 Å². The van der Waals surface area contributed by atoms with Crippen molar-refractivity contribution in [1.82, 2.24) is 15.3 Å². The second kappa shape index (κ2) is 11.8. The summed E-state index contributed by atoms with van der Waals surface area (Å²) in [4.78, 5) is 52.9. The van der Waals surface area contributed by atoms with E-state index < -0.39 is 48.7 Å². The van der Waals surface area contributed by atoms with Gasteiger partial charge in [-0.25, -0.2) is 9.59 Å². The predicted molar refractivity (Wildman–Crippen MR) is 143 cm³/mol. The van der Waals surface area contributed by atoms with Crippen LogP contribution in [0.2, 0.25) is 20.1 Å². The number of ether oxygens (including phenoxy) is 1. The highest BCUT2D eigenvalue weighted by molar-refractivity contribution is 6.42. The van der Waals surface area contributed by atoms with Crippen molar-refractivity contribution in [2.24, 2.45) is 0 Å². The zero-order valence-corrected chi connectivity index (χ0v) is 23.3. The smallest absolute Gasteiger partial charge is 0.347 e. The van der Waals surface area contributed by atoms with E-state index in [1.807, 2.05) is 0 Å².